The highest BCUT2D eigenvalue weighted by molar-refractivity contribution is 5.88. The van der Waals surface area contributed by atoms with Crippen molar-refractivity contribution in [3.8, 4) is 0 Å². The van der Waals surface area contributed by atoms with Gasteiger partial charge in [0.15, 0.2) is 0 Å². The van der Waals surface area contributed by atoms with Gasteiger partial charge in [0.2, 0.25) is 5.72 Å². The van der Waals surface area contributed by atoms with Crippen LogP contribution in [0.4, 0.5) is 0 Å². The van der Waals surface area contributed by atoms with Crippen molar-refractivity contribution in [1.29, 1.82) is 0 Å². The topological polar surface area (TPSA) is 61.8 Å². The predicted octanol–water partition coefficient (Wildman–Crippen LogP) is 1.74. The quantitative estimate of drug-likeness (QED) is 0.873. The van der Waals surface area contributed by atoms with Gasteiger partial charge in [-0.25, -0.2) is 0 Å². The van der Waals surface area contributed by atoms with E-state index in [9.17, 15) is 9.90 Å². The lowest BCUT2D eigenvalue weighted by Gasteiger charge is -2.32. The molecule has 2 heterocycles. The first-order chi connectivity index (χ1) is 10.7. The zero-order valence-electron chi connectivity index (χ0n) is 12.6. The largest absolute Gasteiger partial charge is 0.366 e. The van der Waals surface area contributed by atoms with Gasteiger partial charge < -0.3 is 10.0 Å². The second-order valence-electron chi connectivity index (χ2n) is 6.67. The molecule has 1 aromatic rings. The lowest BCUT2D eigenvalue weighted by molar-refractivity contribution is -0.156. The number of hydroxylamine groups is 1. The standard InChI is InChI=1S/C17H22N2O3/c20-16-17(21)14(11-19(16)13-9-5-2-6-10-13)15(22-18-17)12-7-3-1-4-8-12/h1,3-4,7-8,13-15,18,21H,2,5-6,9-11H2/t14-,15+,17+/m1/s1. The Morgan fingerprint density at radius 3 is 2.64 bits per heavy atom. The number of benzene rings is 1. The van der Waals surface area contributed by atoms with Crippen LogP contribution in [0.3, 0.4) is 0 Å². The number of nitrogens with zero attached hydrogens (tertiary/aromatic N) is 1. The van der Waals surface area contributed by atoms with Gasteiger partial charge >= 0.3 is 0 Å². The Bertz CT molecular complexity index is 558. The molecule has 0 aromatic heterocycles. The van der Waals surface area contributed by atoms with Gasteiger partial charge in [-0.1, -0.05) is 49.6 Å². The van der Waals surface area contributed by atoms with Gasteiger partial charge in [-0.2, -0.15) is 5.48 Å². The van der Waals surface area contributed by atoms with Crippen molar-refractivity contribution in [3.63, 3.8) is 0 Å². The third-order valence-corrected chi connectivity index (χ3v) is 5.37. The number of carbonyl (C=O) groups excluding carboxylic acids is 1. The molecule has 0 radical (unpaired) electrons. The van der Waals surface area contributed by atoms with Crippen LogP contribution in [0.1, 0.15) is 43.8 Å². The Morgan fingerprint density at radius 2 is 1.91 bits per heavy atom. The molecule has 3 aliphatic rings. The highest BCUT2D eigenvalue weighted by Gasteiger charge is 2.62. The summed E-state index contributed by atoms with van der Waals surface area (Å²) in [5.41, 5.74) is 2.05. The number of hydrogen-bond donors (Lipinski definition) is 2. The van der Waals surface area contributed by atoms with Gasteiger partial charge in [-0.05, 0) is 18.4 Å². The van der Waals surface area contributed by atoms with Crippen molar-refractivity contribution < 1.29 is 14.7 Å². The Hall–Kier alpha value is -1.43. The number of likely N-dealkylation sites (tertiary alicyclic amines) is 1. The Kier molecular flexibility index (Phi) is 3.44. The number of rotatable bonds is 2. The van der Waals surface area contributed by atoms with E-state index in [1.54, 1.807) is 0 Å². The molecule has 1 amide bonds. The number of aliphatic hydroxyl groups is 1. The second-order valence-corrected chi connectivity index (χ2v) is 6.67. The summed E-state index contributed by atoms with van der Waals surface area (Å²) >= 11 is 0. The van der Waals surface area contributed by atoms with Crippen molar-refractivity contribution in [1.82, 2.24) is 10.4 Å². The highest BCUT2D eigenvalue weighted by atomic mass is 16.7. The van der Waals surface area contributed by atoms with Crippen LogP contribution >= 0.6 is 0 Å². The van der Waals surface area contributed by atoms with Gasteiger partial charge in [-0.15, -0.1) is 0 Å². The van der Waals surface area contributed by atoms with Crippen LogP contribution in [0.25, 0.3) is 0 Å². The smallest absolute Gasteiger partial charge is 0.272 e. The molecule has 1 aliphatic carbocycles. The van der Waals surface area contributed by atoms with Crippen LogP contribution in [-0.4, -0.2) is 34.2 Å². The van der Waals surface area contributed by atoms with Crippen molar-refractivity contribution in [2.24, 2.45) is 5.92 Å². The molecule has 0 spiro atoms. The minimum absolute atomic E-state index is 0.220. The summed E-state index contributed by atoms with van der Waals surface area (Å²) < 4.78 is 0. The van der Waals surface area contributed by atoms with Gasteiger partial charge in [-0.3, -0.25) is 9.63 Å². The number of nitrogens with one attached hydrogen (secondary N) is 1. The van der Waals surface area contributed by atoms with Gasteiger partial charge in [0.25, 0.3) is 5.91 Å². The molecular formula is C17H22N2O3. The maximum atomic E-state index is 12.7. The van der Waals surface area contributed by atoms with E-state index in [1.807, 2.05) is 35.2 Å². The molecular weight excluding hydrogens is 280 g/mol. The molecule has 2 N–H and O–H groups in total. The summed E-state index contributed by atoms with van der Waals surface area (Å²) in [5, 5.41) is 10.8. The molecule has 3 atom stereocenters. The van der Waals surface area contributed by atoms with E-state index in [4.69, 9.17) is 4.84 Å². The van der Waals surface area contributed by atoms with Crippen LogP contribution in [0.5, 0.6) is 0 Å². The fourth-order valence-corrected chi connectivity index (χ4v) is 4.12. The number of amides is 1. The average Bonchev–Trinajstić information content (AvgIpc) is 3.03. The lowest BCUT2D eigenvalue weighted by atomic mass is 9.90. The molecule has 4 rings (SSSR count). The molecule has 0 bridgehead atoms. The van der Waals surface area contributed by atoms with Gasteiger partial charge in [0, 0.05) is 12.6 Å². The third kappa shape index (κ3) is 2.07. The molecule has 1 saturated carbocycles. The van der Waals surface area contributed by atoms with Gasteiger partial charge in [0.1, 0.15) is 6.10 Å². The zero-order valence-corrected chi connectivity index (χ0v) is 12.6. The van der Waals surface area contributed by atoms with E-state index in [0.717, 1.165) is 18.4 Å². The molecule has 5 heteroatoms. The monoisotopic (exact) mass is 302 g/mol. The Morgan fingerprint density at radius 1 is 1.18 bits per heavy atom. The van der Waals surface area contributed by atoms with Crippen molar-refractivity contribution in [3.05, 3.63) is 35.9 Å². The highest BCUT2D eigenvalue weighted by Crippen LogP contribution is 2.45. The SMILES string of the molecule is O=C1N(C2CCCCC2)C[C@@H]2[C@H](c3ccccc3)ON[C@@]12O. The number of fused-ring (bicyclic) bond motifs is 1. The van der Waals surface area contributed by atoms with E-state index in [1.165, 1.54) is 19.3 Å². The fraction of sp³-hybridized carbons (Fsp3) is 0.588. The van der Waals surface area contributed by atoms with Crippen molar-refractivity contribution >= 4 is 5.91 Å². The molecule has 1 aromatic carbocycles. The molecule has 118 valence electrons. The second kappa shape index (κ2) is 5.33. The van der Waals surface area contributed by atoms with Crippen LogP contribution < -0.4 is 5.48 Å². The van der Waals surface area contributed by atoms with Crippen molar-refractivity contribution in [2.45, 2.75) is 50.0 Å². The van der Waals surface area contributed by atoms with E-state index in [2.05, 4.69) is 5.48 Å². The Labute approximate surface area is 130 Å². The van der Waals surface area contributed by atoms with Crippen molar-refractivity contribution in [2.75, 3.05) is 6.54 Å². The maximum absolute atomic E-state index is 12.7. The summed E-state index contributed by atoms with van der Waals surface area (Å²) in [7, 11) is 0. The molecule has 0 unspecified atom stereocenters. The third-order valence-electron chi connectivity index (χ3n) is 5.37. The fourth-order valence-electron chi connectivity index (χ4n) is 4.12. The Balaban J connectivity index is 1.59. The average molecular weight is 302 g/mol. The van der Waals surface area contributed by atoms with E-state index in [0.29, 0.717) is 6.54 Å². The summed E-state index contributed by atoms with van der Waals surface area (Å²) in [6, 6.07) is 10.1. The minimum atomic E-state index is -1.57. The first kappa shape index (κ1) is 14.2. The summed E-state index contributed by atoms with van der Waals surface area (Å²) in [6.45, 7) is 0.562. The summed E-state index contributed by atoms with van der Waals surface area (Å²) in [4.78, 5) is 20.2. The van der Waals surface area contributed by atoms with E-state index in [-0.39, 0.29) is 24.0 Å². The molecule has 3 fully saturated rings. The van der Waals surface area contributed by atoms with Crippen LogP contribution in [0, 0.1) is 5.92 Å². The summed E-state index contributed by atoms with van der Waals surface area (Å²) in [6.07, 6.45) is 5.40. The first-order valence-electron chi connectivity index (χ1n) is 8.21. The minimum Gasteiger partial charge on any atom is -0.366 e. The van der Waals surface area contributed by atoms with Crippen LogP contribution in [0.15, 0.2) is 30.3 Å². The number of carbonyl (C=O) groups is 1. The maximum Gasteiger partial charge on any atom is 0.272 e. The van der Waals surface area contributed by atoms with Crippen LogP contribution in [0.2, 0.25) is 0 Å². The number of hydrogen-bond acceptors (Lipinski definition) is 4. The molecule has 5 nitrogen and oxygen atoms in total. The first-order valence-corrected chi connectivity index (χ1v) is 8.21. The predicted molar refractivity (Wildman–Crippen MR) is 80.4 cm³/mol. The molecule has 2 aliphatic heterocycles. The van der Waals surface area contributed by atoms with E-state index < -0.39 is 5.72 Å². The summed E-state index contributed by atoms with van der Waals surface area (Å²) in [5.74, 6) is -0.479. The van der Waals surface area contributed by atoms with Crippen LogP contribution in [-0.2, 0) is 9.63 Å². The zero-order chi connectivity index (χ0) is 15.2. The molecule has 22 heavy (non-hydrogen) atoms. The lowest BCUT2D eigenvalue weighted by Crippen LogP contribution is -2.52. The van der Waals surface area contributed by atoms with Gasteiger partial charge in [0.05, 0.1) is 5.92 Å². The molecule has 2 saturated heterocycles. The van der Waals surface area contributed by atoms with E-state index >= 15 is 0 Å². The normalized spacial score (nSPS) is 35.9.